The van der Waals surface area contributed by atoms with E-state index in [2.05, 4.69) is 28.4 Å². The molecule has 0 spiro atoms. The molecule has 0 unspecified atom stereocenters. The summed E-state index contributed by atoms with van der Waals surface area (Å²) in [5.41, 5.74) is 0. The molecule has 0 amide bonds. The molecular formula is C8H15N3. The predicted octanol–water partition coefficient (Wildman–Crippen LogP) is 0.753. The fraction of sp³-hybridized carbons (Fsp3) is 0.625. The van der Waals surface area contributed by atoms with Crippen molar-refractivity contribution in [2.75, 3.05) is 27.2 Å². The molecule has 3 nitrogen and oxygen atoms in total. The van der Waals surface area contributed by atoms with Gasteiger partial charge in [0, 0.05) is 27.2 Å². The van der Waals surface area contributed by atoms with Crippen LogP contribution in [0.1, 0.15) is 6.42 Å². The molecule has 0 N–H and O–H groups in total. The Morgan fingerprint density at radius 1 is 1.55 bits per heavy atom. The van der Waals surface area contributed by atoms with E-state index >= 15 is 0 Å². The summed E-state index contributed by atoms with van der Waals surface area (Å²) in [4.78, 5) is 8.40. The molecule has 0 atom stereocenters. The highest BCUT2D eigenvalue weighted by molar-refractivity contribution is 5.81. The molecule has 0 saturated carbocycles. The van der Waals surface area contributed by atoms with E-state index in [1.54, 1.807) is 0 Å². The van der Waals surface area contributed by atoms with Crippen molar-refractivity contribution < 1.29 is 0 Å². The van der Waals surface area contributed by atoms with Crippen molar-refractivity contribution in [1.29, 1.82) is 0 Å². The Hall–Kier alpha value is -0.990. The van der Waals surface area contributed by atoms with Gasteiger partial charge in [0.2, 0.25) is 0 Å². The molecule has 1 heterocycles. The molecule has 0 aromatic rings. The zero-order valence-electron chi connectivity index (χ0n) is 7.25. The summed E-state index contributed by atoms with van der Waals surface area (Å²) in [7, 11) is 3.87. The first kappa shape index (κ1) is 8.11. The van der Waals surface area contributed by atoms with Gasteiger partial charge in [-0.1, -0.05) is 6.58 Å². The van der Waals surface area contributed by atoms with Crippen molar-refractivity contribution in [3.05, 3.63) is 12.8 Å². The maximum absolute atomic E-state index is 4.18. The van der Waals surface area contributed by atoms with Crippen LogP contribution in [0.3, 0.4) is 0 Å². The molecule has 1 aliphatic heterocycles. The Balaban J connectivity index is 2.71. The van der Waals surface area contributed by atoms with Gasteiger partial charge < -0.3 is 9.80 Å². The highest BCUT2D eigenvalue weighted by Crippen LogP contribution is 2.06. The number of hydrogen-bond donors (Lipinski definition) is 0. The van der Waals surface area contributed by atoms with Gasteiger partial charge in [-0.3, -0.25) is 4.99 Å². The lowest BCUT2D eigenvalue weighted by Gasteiger charge is -2.34. The highest BCUT2D eigenvalue weighted by atomic mass is 15.4. The largest absolute Gasteiger partial charge is 0.346 e. The van der Waals surface area contributed by atoms with Crippen molar-refractivity contribution in [1.82, 2.24) is 9.80 Å². The molecule has 3 heteroatoms. The summed E-state index contributed by atoms with van der Waals surface area (Å²) < 4.78 is 0. The summed E-state index contributed by atoms with van der Waals surface area (Å²) in [6.45, 7) is 5.87. The standard InChI is InChI=1S/C8H15N3/c1-4-11-7-5-6-10(3)8(11)9-2/h4H,1,5-7H2,2-3H3. The van der Waals surface area contributed by atoms with E-state index in [-0.39, 0.29) is 0 Å². The van der Waals surface area contributed by atoms with Gasteiger partial charge in [0.15, 0.2) is 5.96 Å². The van der Waals surface area contributed by atoms with E-state index in [1.165, 1.54) is 6.42 Å². The van der Waals surface area contributed by atoms with Gasteiger partial charge in [-0.05, 0) is 12.6 Å². The summed E-state index contributed by atoms with van der Waals surface area (Å²) >= 11 is 0. The minimum Gasteiger partial charge on any atom is -0.346 e. The predicted molar refractivity (Wildman–Crippen MR) is 47.5 cm³/mol. The molecule has 0 aromatic carbocycles. The van der Waals surface area contributed by atoms with Crippen LogP contribution in [0.5, 0.6) is 0 Å². The molecule has 11 heavy (non-hydrogen) atoms. The zero-order chi connectivity index (χ0) is 8.27. The van der Waals surface area contributed by atoms with Crippen LogP contribution < -0.4 is 0 Å². The highest BCUT2D eigenvalue weighted by Gasteiger charge is 2.16. The summed E-state index contributed by atoms with van der Waals surface area (Å²) in [6, 6.07) is 0. The minimum atomic E-state index is 1.02. The Morgan fingerprint density at radius 3 is 2.73 bits per heavy atom. The molecule has 0 aromatic heterocycles. The molecule has 1 aliphatic rings. The van der Waals surface area contributed by atoms with Crippen LogP contribution in [0, 0.1) is 0 Å². The average Bonchev–Trinajstić information content (AvgIpc) is 2.04. The third kappa shape index (κ3) is 1.53. The number of rotatable bonds is 1. The van der Waals surface area contributed by atoms with Gasteiger partial charge in [-0.2, -0.15) is 0 Å². The first-order valence-electron chi connectivity index (χ1n) is 3.86. The molecule has 0 bridgehead atoms. The second-order valence-electron chi connectivity index (χ2n) is 2.67. The van der Waals surface area contributed by atoms with Crippen molar-refractivity contribution in [2.24, 2.45) is 4.99 Å². The minimum absolute atomic E-state index is 1.02. The van der Waals surface area contributed by atoms with Crippen LogP contribution in [0.2, 0.25) is 0 Å². The van der Waals surface area contributed by atoms with Gasteiger partial charge in [0.05, 0.1) is 0 Å². The van der Waals surface area contributed by atoms with E-state index in [4.69, 9.17) is 0 Å². The second-order valence-corrected chi connectivity index (χ2v) is 2.67. The Labute approximate surface area is 68.0 Å². The summed E-state index contributed by atoms with van der Waals surface area (Å²) in [6.07, 6.45) is 3.01. The zero-order valence-corrected chi connectivity index (χ0v) is 7.25. The van der Waals surface area contributed by atoms with Crippen LogP contribution in [0.25, 0.3) is 0 Å². The molecule has 1 fully saturated rings. The molecule has 0 aliphatic carbocycles. The van der Waals surface area contributed by atoms with E-state index in [0.717, 1.165) is 19.0 Å². The van der Waals surface area contributed by atoms with Crippen LogP contribution in [0.4, 0.5) is 0 Å². The topological polar surface area (TPSA) is 18.8 Å². The van der Waals surface area contributed by atoms with Gasteiger partial charge in [-0.25, -0.2) is 0 Å². The van der Waals surface area contributed by atoms with E-state index in [1.807, 2.05) is 13.2 Å². The first-order valence-corrected chi connectivity index (χ1v) is 3.86. The maximum atomic E-state index is 4.18. The Kier molecular flexibility index (Phi) is 2.52. The third-order valence-corrected chi connectivity index (χ3v) is 1.91. The summed E-state index contributed by atoms with van der Waals surface area (Å²) in [5.74, 6) is 1.02. The van der Waals surface area contributed by atoms with Crippen molar-refractivity contribution in [3.8, 4) is 0 Å². The van der Waals surface area contributed by atoms with Crippen molar-refractivity contribution in [3.63, 3.8) is 0 Å². The lowest BCUT2D eigenvalue weighted by Crippen LogP contribution is -2.45. The quantitative estimate of drug-likeness (QED) is 0.553. The lowest BCUT2D eigenvalue weighted by molar-refractivity contribution is 0.338. The van der Waals surface area contributed by atoms with Crippen molar-refractivity contribution in [2.45, 2.75) is 6.42 Å². The lowest BCUT2D eigenvalue weighted by atomic mass is 10.3. The molecule has 1 saturated heterocycles. The van der Waals surface area contributed by atoms with Crippen LogP contribution in [-0.4, -0.2) is 42.9 Å². The fourth-order valence-electron chi connectivity index (χ4n) is 1.37. The monoisotopic (exact) mass is 153 g/mol. The van der Waals surface area contributed by atoms with Gasteiger partial charge in [-0.15, -0.1) is 0 Å². The van der Waals surface area contributed by atoms with Crippen LogP contribution in [0.15, 0.2) is 17.8 Å². The van der Waals surface area contributed by atoms with Gasteiger partial charge >= 0.3 is 0 Å². The first-order chi connectivity index (χ1) is 5.29. The SMILES string of the molecule is C=CN1CCCN(C)C1=NC. The Bertz CT molecular complexity index is 174. The van der Waals surface area contributed by atoms with E-state index in [0.29, 0.717) is 0 Å². The van der Waals surface area contributed by atoms with E-state index in [9.17, 15) is 0 Å². The van der Waals surface area contributed by atoms with Crippen LogP contribution in [-0.2, 0) is 0 Å². The molecule has 1 rings (SSSR count). The normalized spacial score (nSPS) is 22.5. The number of nitrogens with zero attached hydrogens (tertiary/aromatic N) is 3. The number of guanidine groups is 1. The second kappa shape index (κ2) is 3.42. The average molecular weight is 153 g/mol. The Morgan fingerprint density at radius 2 is 2.27 bits per heavy atom. The summed E-state index contributed by atoms with van der Waals surface area (Å²) in [5, 5.41) is 0. The maximum Gasteiger partial charge on any atom is 0.200 e. The molecule has 0 radical (unpaired) electrons. The van der Waals surface area contributed by atoms with Gasteiger partial charge in [0.1, 0.15) is 0 Å². The van der Waals surface area contributed by atoms with Gasteiger partial charge in [0.25, 0.3) is 0 Å². The number of aliphatic imine (C=N–C) groups is 1. The van der Waals surface area contributed by atoms with Crippen molar-refractivity contribution >= 4 is 5.96 Å². The fourth-order valence-corrected chi connectivity index (χ4v) is 1.37. The number of hydrogen-bond acceptors (Lipinski definition) is 1. The smallest absolute Gasteiger partial charge is 0.200 e. The van der Waals surface area contributed by atoms with Crippen LogP contribution >= 0.6 is 0 Å². The van der Waals surface area contributed by atoms with E-state index < -0.39 is 0 Å². The molecular weight excluding hydrogens is 138 g/mol. The third-order valence-electron chi connectivity index (χ3n) is 1.91. The molecule has 62 valence electrons.